The lowest BCUT2D eigenvalue weighted by Crippen LogP contribution is -2.77. The molecule has 0 bridgehead atoms. The second-order valence-electron chi connectivity index (χ2n) is 6.43. The molecule has 2 aliphatic rings. The summed E-state index contributed by atoms with van der Waals surface area (Å²) in [5.74, 6) is -1.68. The molecule has 1 aromatic carbocycles. The van der Waals surface area contributed by atoms with Crippen molar-refractivity contribution in [2.45, 2.75) is 31.0 Å². The molecule has 28 heavy (non-hydrogen) atoms. The molecule has 10 nitrogen and oxygen atoms in total. The molecule has 1 aromatic rings. The smallest absolute Gasteiger partial charge is 0.333 e. The molecular formula is C17H17N3O7S. The number of rotatable bonds is 5. The first-order valence-electron chi connectivity index (χ1n) is 8.25. The van der Waals surface area contributed by atoms with Crippen LogP contribution in [0.1, 0.15) is 12.5 Å². The summed E-state index contributed by atoms with van der Waals surface area (Å²) < 4.78 is 17.6. The van der Waals surface area contributed by atoms with Gasteiger partial charge in [0.05, 0.1) is 15.7 Å². The minimum Gasteiger partial charge on any atom is -0.459 e. The van der Waals surface area contributed by atoms with Crippen LogP contribution in [0.2, 0.25) is 0 Å². The Morgan fingerprint density at radius 1 is 1.39 bits per heavy atom. The number of esters is 1. The number of nitro benzene ring substituents is 1. The first kappa shape index (κ1) is 19.7. The molecule has 4 atom stereocenters. The number of nitrogens with one attached hydrogen (secondary N) is 1. The number of carbonyl (C=O) groups is 3. The first-order chi connectivity index (χ1) is 13.2. The van der Waals surface area contributed by atoms with E-state index in [-0.39, 0.29) is 23.6 Å². The molecule has 3 unspecified atom stereocenters. The van der Waals surface area contributed by atoms with Gasteiger partial charge in [0.15, 0.2) is 6.04 Å². The van der Waals surface area contributed by atoms with Crippen molar-refractivity contribution in [3.63, 3.8) is 0 Å². The van der Waals surface area contributed by atoms with E-state index in [4.69, 9.17) is 4.74 Å². The third kappa shape index (κ3) is 3.52. The van der Waals surface area contributed by atoms with Gasteiger partial charge in [0.25, 0.3) is 5.69 Å². The lowest BCUT2D eigenvalue weighted by atomic mass is 9.98. The lowest BCUT2D eigenvalue weighted by Gasteiger charge is -2.52. The number of hydrogen-bond acceptors (Lipinski definition) is 7. The number of fused-ring (bicyclic) bond motifs is 1. The number of hydrogen-bond donors (Lipinski definition) is 1. The highest BCUT2D eigenvalue weighted by Gasteiger charge is 2.59. The number of non-ortho nitro benzene ring substituents is 1. The van der Waals surface area contributed by atoms with Gasteiger partial charge in [-0.25, -0.2) is 4.79 Å². The fourth-order valence-corrected chi connectivity index (χ4v) is 4.82. The van der Waals surface area contributed by atoms with Crippen molar-refractivity contribution in [3.8, 4) is 0 Å². The molecule has 2 fully saturated rings. The van der Waals surface area contributed by atoms with E-state index in [9.17, 15) is 28.7 Å². The summed E-state index contributed by atoms with van der Waals surface area (Å²) >= 11 is 0. The van der Waals surface area contributed by atoms with Gasteiger partial charge in [0.2, 0.25) is 11.8 Å². The zero-order chi connectivity index (χ0) is 20.6. The minimum absolute atomic E-state index is 0.0157. The summed E-state index contributed by atoms with van der Waals surface area (Å²) in [5.41, 5.74) is 0.737. The minimum atomic E-state index is -1.49. The summed E-state index contributed by atoms with van der Waals surface area (Å²) in [7, 11) is -1.49. The van der Waals surface area contributed by atoms with Gasteiger partial charge in [-0.15, -0.1) is 0 Å². The lowest BCUT2D eigenvalue weighted by molar-refractivity contribution is -0.384. The predicted octanol–water partition coefficient (Wildman–Crippen LogP) is -0.00190. The Balaban J connectivity index is 1.69. The molecule has 0 aliphatic carbocycles. The molecule has 2 saturated heterocycles. The maximum atomic E-state index is 12.6. The van der Waals surface area contributed by atoms with Crippen LogP contribution in [0.3, 0.4) is 0 Å². The highest BCUT2D eigenvalue weighted by molar-refractivity contribution is 7.86. The Morgan fingerprint density at radius 2 is 2.04 bits per heavy atom. The number of nitro groups is 1. The molecule has 0 saturated carbocycles. The average molecular weight is 407 g/mol. The van der Waals surface area contributed by atoms with Crippen LogP contribution in [-0.4, -0.2) is 55.0 Å². The second-order valence-corrected chi connectivity index (χ2v) is 7.96. The van der Waals surface area contributed by atoms with Crippen LogP contribution in [0.25, 0.3) is 0 Å². The van der Waals surface area contributed by atoms with Crippen LogP contribution in [0.15, 0.2) is 36.4 Å². The van der Waals surface area contributed by atoms with Crippen molar-refractivity contribution in [3.05, 3.63) is 52.1 Å². The summed E-state index contributed by atoms with van der Waals surface area (Å²) in [6, 6.07) is 3.48. The van der Waals surface area contributed by atoms with Crippen LogP contribution < -0.4 is 5.32 Å². The van der Waals surface area contributed by atoms with E-state index in [0.29, 0.717) is 5.56 Å². The van der Waals surface area contributed by atoms with E-state index in [2.05, 4.69) is 11.9 Å². The van der Waals surface area contributed by atoms with Crippen molar-refractivity contribution < 1.29 is 28.3 Å². The second kappa shape index (κ2) is 7.50. The van der Waals surface area contributed by atoms with Crippen molar-refractivity contribution in [1.29, 1.82) is 0 Å². The Labute approximate surface area is 162 Å². The maximum Gasteiger partial charge on any atom is 0.333 e. The maximum absolute atomic E-state index is 12.6. The number of β-lactam (4-membered cyclic amide) rings is 1. The van der Waals surface area contributed by atoms with Crippen LogP contribution in [-0.2, 0) is 36.5 Å². The number of amides is 2. The van der Waals surface area contributed by atoms with Gasteiger partial charge >= 0.3 is 5.97 Å². The van der Waals surface area contributed by atoms with Gasteiger partial charge in [-0.2, -0.15) is 0 Å². The largest absolute Gasteiger partial charge is 0.459 e. The van der Waals surface area contributed by atoms with Crippen molar-refractivity contribution in [1.82, 2.24) is 10.2 Å². The molecule has 148 valence electrons. The quantitative estimate of drug-likeness (QED) is 0.238. The van der Waals surface area contributed by atoms with Gasteiger partial charge in [0, 0.05) is 24.8 Å². The van der Waals surface area contributed by atoms with E-state index in [1.165, 1.54) is 31.2 Å². The molecule has 2 amide bonds. The SMILES string of the molecule is C=C1CS(=O)[C@@H]2C(NC(C)=O)C(=O)N2C1C(=O)OCc1ccc([N+](=O)[O-])cc1. The summed E-state index contributed by atoms with van der Waals surface area (Å²) in [6.45, 7) is 4.84. The van der Waals surface area contributed by atoms with Gasteiger partial charge in [0.1, 0.15) is 18.0 Å². The molecule has 2 heterocycles. The Hall–Kier alpha value is -3.08. The van der Waals surface area contributed by atoms with E-state index in [1.807, 2.05) is 0 Å². The predicted molar refractivity (Wildman–Crippen MR) is 97.1 cm³/mol. The number of carbonyl (C=O) groups excluding carboxylic acids is 3. The van der Waals surface area contributed by atoms with Crippen molar-refractivity contribution in [2.24, 2.45) is 0 Å². The summed E-state index contributed by atoms with van der Waals surface area (Å²) in [5, 5.41) is 12.3. The van der Waals surface area contributed by atoms with Crippen LogP contribution in [0.5, 0.6) is 0 Å². The highest BCUT2D eigenvalue weighted by Crippen LogP contribution is 2.34. The molecule has 1 N–H and O–H groups in total. The number of benzene rings is 1. The normalized spacial score (nSPS) is 26.1. The average Bonchev–Trinajstić information content (AvgIpc) is 2.64. The van der Waals surface area contributed by atoms with E-state index in [1.54, 1.807) is 0 Å². The van der Waals surface area contributed by atoms with Crippen LogP contribution in [0, 0.1) is 10.1 Å². The molecule has 0 aromatic heterocycles. The van der Waals surface area contributed by atoms with E-state index >= 15 is 0 Å². The van der Waals surface area contributed by atoms with Crippen LogP contribution in [0.4, 0.5) is 5.69 Å². The monoisotopic (exact) mass is 407 g/mol. The molecule has 0 radical (unpaired) electrons. The summed E-state index contributed by atoms with van der Waals surface area (Å²) in [4.78, 5) is 47.4. The fraction of sp³-hybridized carbons (Fsp3) is 0.353. The molecule has 11 heteroatoms. The topological polar surface area (TPSA) is 136 Å². The van der Waals surface area contributed by atoms with Crippen molar-refractivity contribution in [2.75, 3.05) is 5.75 Å². The highest BCUT2D eigenvalue weighted by atomic mass is 32.2. The Kier molecular flexibility index (Phi) is 5.27. The third-order valence-corrected chi connectivity index (χ3v) is 6.15. The Bertz CT molecular complexity index is 899. The number of nitrogens with zero attached hydrogens (tertiary/aromatic N) is 2. The van der Waals surface area contributed by atoms with Crippen LogP contribution >= 0.6 is 0 Å². The molecule has 0 spiro atoms. The zero-order valence-electron chi connectivity index (χ0n) is 14.8. The molecular weight excluding hydrogens is 390 g/mol. The molecule has 3 rings (SSSR count). The van der Waals surface area contributed by atoms with E-state index < -0.39 is 51.0 Å². The van der Waals surface area contributed by atoms with Gasteiger partial charge in [-0.3, -0.25) is 23.9 Å². The van der Waals surface area contributed by atoms with Gasteiger partial charge < -0.3 is 15.0 Å². The van der Waals surface area contributed by atoms with E-state index in [0.717, 1.165) is 4.90 Å². The third-order valence-electron chi connectivity index (χ3n) is 4.45. The standard InChI is InChI=1S/C17H17N3O7S/c1-9-8-28(26)16-13(18-10(2)21)15(22)19(16)14(9)17(23)27-7-11-3-5-12(6-4-11)20(24)25/h3-6,13-14,16H,1,7-8H2,2H3,(H,18,21)/t13?,14?,16-,28?/m1/s1. The number of ether oxygens (including phenoxy) is 1. The zero-order valence-corrected chi connectivity index (χ0v) is 15.6. The van der Waals surface area contributed by atoms with Gasteiger partial charge in [-0.05, 0) is 23.3 Å². The molecule has 2 aliphatic heterocycles. The van der Waals surface area contributed by atoms with Gasteiger partial charge in [-0.1, -0.05) is 6.58 Å². The van der Waals surface area contributed by atoms with Crippen molar-refractivity contribution >= 4 is 34.3 Å². The fourth-order valence-electron chi connectivity index (χ4n) is 3.16. The Morgan fingerprint density at radius 3 is 2.61 bits per heavy atom. The first-order valence-corrected chi connectivity index (χ1v) is 9.63. The summed E-state index contributed by atoms with van der Waals surface area (Å²) in [6.07, 6.45) is 0.